The van der Waals surface area contributed by atoms with Gasteiger partial charge in [0.15, 0.2) is 0 Å². The van der Waals surface area contributed by atoms with Gasteiger partial charge in [0.1, 0.15) is 5.69 Å². The van der Waals surface area contributed by atoms with Crippen molar-refractivity contribution in [3.63, 3.8) is 0 Å². The van der Waals surface area contributed by atoms with Crippen LogP contribution < -0.4 is 4.90 Å². The minimum absolute atomic E-state index is 0.415. The lowest BCUT2D eigenvalue weighted by Crippen LogP contribution is -2.31. The average molecular weight is 237 g/mol. The van der Waals surface area contributed by atoms with Crippen molar-refractivity contribution in [3.8, 4) is 0 Å². The van der Waals surface area contributed by atoms with Gasteiger partial charge in [0.2, 0.25) is 12.2 Å². The highest BCUT2D eigenvalue weighted by Crippen LogP contribution is 2.19. The molecule has 1 saturated heterocycles. The van der Waals surface area contributed by atoms with Gasteiger partial charge in [-0.15, -0.1) is 0 Å². The van der Waals surface area contributed by atoms with Crippen molar-refractivity contribution in [1.82, 2.24) is 9.97 Å². The molecule has 0 aliphatic carbocycles. The number of anilines is 1. The van der Waals surface area contributed by atoms with E-state index in [1.165, 1.54) is 19.3 Å². The molecule has 5 heteroatoms. The van der Waals surface area contributed by atoms with Gasteiger partial charge in [-0.1, -0.05) is 0 Å². The monoisotopic (exact) mass is 237 g/mol. The number of ether oxygens (including phenoxy) is 2. The van der Waals surface area contributed by atoms with Crippen LogP contribution in [0, 0.1) is 0 Å². The fraction of sp³-hybridized carbons (Fsp3) is 0.667. The summed E-state index contributed by atoms with van der Waals surface area (Å²) >= 11 is 0. The van der Waals surface area contributed by atoms with Crippen molar-refractivity contribution >= 4 is 5.95 Å². The Hall–Kier alpha value is -1.20. The van der Waals surface area contributed by atoms with Crippen LogP contribution in [0.15, 0.2) is 12.3 Å². The Kier molecular flexibility index (Phi) is 4.28. The third-order valence-corrected chi connectivity index (χ3v) is 2.97. The van der Waals surface area contributed by atoms with E-state index in [4.69, 9.17) is 9.47 Å². The number of piperidine rings is 1. The van der Waals surface area contributed by atoms with Gasteiger partial charge in [0, 0.05) is 33.5 Å². The summed E-state index contributed by atoms with van der Waals surface area (Å²) < 4.78 is 10.4. The second-order valence-corrected chi connectivity index (χ2v) is 4.13. The molecular weight excluding hydrogens is 218 g/mol. The second kappa shape index (κ2) is 5.93. The van der Waals surface area contributed by atoms with E-state index in [1.807, 2.05) is 6.07 Å². The molecule has 0 N–H and O–H groups in total. The molecule has 5 nitrogen and oxygen atoms in total. The van der Waals surface area contributed by atoms with E-state index in [2.05, 4.69) is 14.9 Å². The van der Waals surface area contributed by atoms with Gasteiger partial charge < -0.3 is 14.4 Å². The maximum absolute atomic E-state index is 5.20. The first-order chi connectivity index (χ1) is 8.35. The minimum atomic E-state index is -0.415. The van der Waals surface area contributed by atoms with E-state index in [9.17, 15) is 0 Å². The van der Waals surface area contributed by atoms with Gasteiger partial charge in [0.25, 0.3) is 0 Å². The highest BCUT2D eigenvalue weighted by atomic mass is 16.7. The Morgan fingerprint density at radius 3 is 2.53 bits per heavy atom. The third kappa shape index (κ3) is 2.92. The summed E-state index contributed by atoms with van der Waals surface area (Å²) in [6, 6.07) is 1.82. The van der Waals surface area contributed by atoms with Crippen LogP contribution in [0.3, 0.4) is 0 Å². The third-order valence-electron chi connectivity index (χ3n) is 2.97. The first-order valence-corrected chi connectivity index (χ1v) is 5.98. The van der Waals surface area contributed by atoms with Crippen LogP contribution in [0.5, 0.6) is 0 Å². The van der Waals surface area contributed by atoms with Crippen molar-refractivity contribution < 1.29 is 9.47 Å². The smallest absolute Gasteiger partial charge is 0.225 e. The van der Waals surface area contributed by atoms with Crippen LogP contribution in [0.2, 0.25) is 0 Å². The van der Waals surface area contributed by atoms with Gasteiger partial charge in [-0.25, -0.2) is 9.97 Å². The summed E-state index contributed by atoms with van der Waals surface area (Å²) in [5.74, 6) is 0.779. The number of hydrogen-bond donors (Lipinski definition) is 0. The highest BCUT2D eigenvalue weighted by Gasteiger charge is 2.16. The molecule has 2 heterocycles. The minimum Gasteiger partial charge on any atom is -0.350 e. The van der Waals surface area contributed by atoms with Crippen LogP contribution in [-0.4, -0.2) is 37.3 Å². The zero-order chi connectivity index (χ0) is 12.1. The van der Waals surface area contributed by atoms with E-state index in [-0.39, 0.29) is 0 Å². The molecule has 1 aliphatic rings. The molecule has 0 bridgehead atoms. The predicted molar refractivity (Wildman–Crippen MR) is 64.9 cm³/mol. The zero-order valence-corrected chi connectivity index (χ0v) is 10.4. The molecule has 1 aromatic heterocycles. The normalized spacial score (nSPS) is 16.5. The van der Waals surface area contributed by atoms with Crippen molar-refractivity contribution in [2.75, 3.05) is 32.2 Å². The summed E-state index contributed by atoms with van der Waals surface area (Å²) in [5.41, 5.74) is 0.769. The van der Waals surface area contributed by atoms with E-state index in [1.54, 1.807) is 20.4 Å². The van der Waals surface area contributed by atoms with Crippen LogP contribution >= 0.6 is 0 Å². The molecule has 0 atom stereocenters. The van der Waals surface area contributed by atoms with Crippen molar-refractivity contribution in [3.05, 3.63) is 18.0 Å². The van der Waals surface area contributed by atoms with Gasteiger partial charge in [-0.2, -0.15) is 0 Å². The molecule has 1 fully saturated rings. The second-order valence-electron chi connectivity index (χ2n) is 4.13. The molecule has 0 spiro atoms. The van der Waals surface area contributed by atoms with E-state index >= 15 is 0 Å². The van der Waals surface area contributed by atoms with Gasteiger partial charge in [0.05, 0.1) is 0 Å². The molecule has 2 rings (SSSR count). The summed E-state index contributed by atoms with van der Waals surface area (Å²) in [5, 5.41) is 0. The van der Waals surface area contributed by atoms with E-state index < -0.39 is 6.29 Å². The lowest BCUT2D eigenvalue weighted by molar-refractivity contribution is -0.108. The summed E-state index contributed by atoms with van der Waals surface area (Å²) in [6.45, 7) is 2.07. The van der Waals surface area contributed by atoms with Crippen LogP contribution in [0.4, 0.5) is 5.95 Å². The average Bonchev–Trinajstić information content (AvgIpc) is 2.42. The molecule has 0 saturated carbocycles. The largest absolute Gasteiger partial charge is 0.350 e. The summed E-state index contributed by atoms with van der Waals surface area (Å²) in [7, 11) is 3.22. The quantitative estimate of drug-likeness (QED) is 0.747. The number of rotatable bonds is 4. The Morgan fingerprint density at radius 1 is 1.18 bits per heavy atom. The molecule has 17 heavy (non-hydrogen) atoms. The summed E-state index contributed by atoms with van der Waals surface area (Å²) in [4.78, 5) is 11.0. The Labute approximate surface area is 102 Å². The van der Waals surface area contributed by atoms with Gasteiger partial charge in [-0.05, 0) is 25.3 Å². The Morgan fingerprint density at radius 2 is 1.88 bits per heavy atom. The molecule has 94 valence electrons. The fourth-order valence-corrected chi connectivity index (χ4v) is 2.08. The molecule has 0 amide bonds. The Balaban J connectivity index is 2.15. The zero-order valence-electron chi connectivity index (χ0n) is 10.4. The number of nitrogens with zero attached hydrogens (tertiary/aromatic N) is 3. The first kappa shape index (κ1) is 12.3. The maximum atomic E-state index is 5.20. The molecule has 1 aromatic rings. The van der Waals surface area contributed by atoms with Gasteiger partial charge in [-0.3, -0.25) is 0 Å². The topological polar surface area (TPSA) is 47.5 Å². The van der Waals surface area contributed by atoms with Crippen molar-refractivity contribution in [1.29, 1.82) is 0 Å². The molecule has 0 unspecified atom stereocenters. The number of aromatic nitrogens is 2. The lowest BCUT2D eigenvalue weighted by Gasteiger charge is -2.27. The standard InChI is InChI=1S/C12H19N3O2/c1-16-11(17-2)10-6-7-13-12(14-10)15-8-4-3-5-9-15/h6-7,11H,3-5,8-9H2,1-2H3. The molecule has 0 aromatic carbocycles. The lowest BCUT2D eigenvalue weighted by atomic mass is 10.1. The van der Waals surface area contributed by atoms with E-state index in [0.717, 1.165) is 24.7 Å². The molecule has 1 aliphatic heterocycles. The highest BCUT2D eigenvalue weighted by molar-refractivity contribution is 5.30. The molecule has 0 radical (unpaired) electrons. The van der Waals surface area contributed by atoms with Crippen LogP contribution in [0.1, 0.15) is 31.2 Å². The SMILES string of the molecule is COC(OC)c1ccnc(N2CCCCC2)n1. The predicted octanol–water partition coefficient (Wildman–Crippen LogP) is 1.76. The first-order valence-electron chi connectivity index (χ1n) is 5.98. The Bertz CT molecular complexity index is 349. The van der Waals surface area contributed by atoms with Crippen molar-refractivity contribution in [2.45, 2.75) is 25.6 Å². The maximum Gasteiger partial charge on any atom is 0.225 e. The number of hydrogen-bond acceptors (Lipinski definition) is 5. The fourth-order valence-electron chi connectivity index (χ4n) is 2.08. The van der Waals surface area contributed by atoms with Crippen molar-refractivity contribution in [2.24, 2.45) is 0 Å². The van der Waals surface area contributed by atoms with Crippen LogP contribution in [0.25, 0.3) is 0 Å². The van der Waals surface area contributed by atoms with E-state index in [0.29, 0.717) is 0 Å². The summed E-state index contributed by atoms with van der Waals surface area (Å²) in [6.07, 6.45) is 5.07. The molecular formula is C12H19N3O2. The number of methoxy groups -OCH3 is 2. The van der Waals surface area contributed by atoms with Crippen LogP contribution in [-0.2, 0) is 9.47 Å². The van der Waals surface area contributed by atoms with Gasteiger partial charge >= 0.3 is 0 Å².